The van der Waals surface area contributed by atoms with Crippen LogP contribution in [0.5, 0.6) is 0 Å². The fourth-order valence-electron chi connectivity index (χ4n) is 1.68. The van der Waals surface area contributed by atoms with Gasteiger partial charge in [-0.15, -0.1) is 0 Å². The average molecular weight is 175 g/mol. The molecule has 3 nitrogen and oxygen atoms in total. The molecule has 0 unspecified atom stereocenters. The van der Waals surface area contributed by atoms with E-state index < -0.39 is 0 Å². The van der Waals surface area contributed by atoms with Gasteiger partial charge in [-0.1, -0.05) is 18.2 Å². The van der Waals surface area contributed by atoms with Crippen molar-refractivity contribution in [3.8, 4) is 0 Å². The highest BCUT2D eigenvalue weighted by Crippen LogP contribution is 2.31. The van der Waals surface area contributed by atoms with Gasteiger partial charge in [0.1, 0.15) is 5.82 Å². The first kappa shape index (κ1) is 7.98. The van der Waals surface area contributed by atoms with E-state index >= 15 is 0 Å². The van der Waals surface area contributed by atoms with Crippen molar-refractivity contribution in [3.05, 3.63) is 24.3 Å². The van der Waals surface area contributed by atoms with Gasteiger partial charge in [0.15, 0.2) is 0 Å². The molecule has 1 aromatic heterocycles. The second-order valence-electron chi connectivity index (χ2n) is 3.09. The molecule has 1 heterocycles. The molecule has 0 bridgehead atoms. The van der Waals surface area contributed by atoms with Crippen LogP contribution in [0, 0.1) is 0 Å². The molecule has 0 atom stereocenters. The Morgan fingerprint density at radius 3 is 2.69 bits per heavy atom. The van der Waals surface area contributed by atoms with Crippen LogP contribution in [-0.4, -0.2) is 11.6 Å². The molecule has 0 aliphatic rings. The molecule has 1 aromatic carbocycles. The van der Waals surface area contributed by atoms with Crippen LogP contribution >= 0.6 is 0 Å². The van der Waals surface area contributed by atoms with Crippen molar-refractivity contribution in [2.75, 3.05) is 18.1 Å². The Bertz CT molecular complexity index is 443. The number of aromatic nitrogens is 1. The van der Waals surface area contributed by atoms with Crippen molar-refractivity contribution in [3.63, 3.8) is 0 Å². The van der Waals surface area contributed by atoms with Crippen molar-refractivity contribution < 1.29 is 0 Å². The molecule has 3 heteroatoms. The molecule has 13 heavy (non-hydrogen) atoms. The topological polar surface area (TPSA) is 43.0 Å². The summed E-state index contributed by atoms with van der Waals surface area (Å²) in [6.07, 6.45) is 0. The van der Waals surface area contributed by atoms with Gasteiger partial charge in [-0.25, -0.2) is 0 Å². The van der Waals surface area contributed by atoms with Crippen LogP contribution in [0.2, 0.25) is 0 Å². The Balaban J connectivity index is 2.90. The number of hydrogen-bond donors (Lipinski definition) is 2. The number of anilines is 2. The minimum atomic E-state index is 0.781. The first-order valence-electron chi connectivity index (χ1n) is 4.26. The van der Waals surface area contributed by atoms with E-state index in [1.54, 1.807) is 0 Å². The number of fused-ring (bicyclic) bond motifs is 1. The number of hydrogen-bond acceptors (Lipinski definition) is 2. The summed E-state index contributed by atoms with van der Waals surface area (Å²) in [5.41, 5.74) is 8.10. The maximum Gasteiger partial charge on any atom is 0.128 e. The highest BCUT2D eigenvalue weighted by molar-refractivity contribution is 5.99. The van der Waals surface area contributed by atoms with E-state index in [4.69, 9.17) is 5.73 Å². The number of nitrogens with zero attached hydrogens (tertiary/aromatic N) is 1. The summed E-state index contributed by atoms with van der Waals surface area (Å²) >= 11 is 0. The van der Waals surface area contributed by atoms with E-state index in [1.807, 2.05) is 30.8 Å². The molecule has 3 N–H and O–H groups in total. The SMILES string of the molecule is CNc1c(N)n(C)c2ccccc12. The van der Waals surface area contributed by atoms with E-state index in [9.17, 15) is 0 Å². The monoisotopic (exact) mass is 175 g/mol. The Morgan fingerprint density at radius 1 is 1.31 bits per heavy atom. The molecule has 2 aromatic rings. The predicted molar refractivity (Wildman–Crippen MR) is 56.9 cm³/mol. The second kappa shape index (κ2) is 2.69. The lowest BCUT2D eigenvalue weighted by molar-refractivity contribution is 0.983. The van der Waals surface area contributed by atoms with E-state index in [-0.39, 0.29) is 0 Å². The lowest BCUT2D eigenvalue weighted by atomic mass is 10.2. The molecule has 0 spiro atoms. The minimum absolute atomic E-state index is 0.781. The average Bonchev–Trinajstić information content (AvgIpc) is 2.41. The fraction of sp³-hybridized carbons (Fsp3) is 0.200. The van der Waals surface area contributed by atoms with E-state index in [0.29, 0.717) is 0 Å². The van der Waals surface area contributed by atoms with Crippen LogP contribution in [0.4, 0.5) is 11.5 Å². The second-order valence-corrected chi connectivity index (χ2v) is 3.09. The molecule has 0 aliphatic heterocycles. The van der Waals surface area contributed by atoms with Crippen LogP contribution in [0.3, 0.4) is 0 Å². The van der Waals surface area contributed by atoms with Gasteiger partial charge in [-0.2, -0.15) is 0 Å². The molecule has 68 valence electrons. The van der Waals surface area contributed by atoms with Gasteiger partial charge in [0.2, 0.25) is 0 Å². The summed E-state index contributed by atoms with van der Waals surface area (Å²) in [5, 5.41) is 4.28. The first-order chi connectivity index (χ1) is 6.25. The third kappa shape index (κ3) is 0.967. The highest BCUT2D eigenvalue weighted by atomic mass is 15.1. The molecule has 0 aliphatic carbocycles. The summed E-state index contributed by atoms with van der Waals surface area (Å²) in [6.45, 7) is 0. The zero-order chi connectivity index (χ0) is 9.42. The van der Waals surface area contributed by atoms with Crippen LogP contribution < -0.4 is 11.1 Å². The predicted octanol–water partition coefficient (Wildman–Crippen LogP) is 1.80. The zero-order valence-corrected chi connectivity index (χ0v) is 7.83. The molecular weight excluding hydrogens is 162 g/mol. The first-order valence-corrected chi connectivity index (χ1v) is 4.26. The van der Waals surface area contributed by atoms with Crippen LogP contribution in [0.25, 0.3) is 10.9 Å². The number of benzene rings is 1. The van der Waals surface area contributed by atoms with Crippen LogP contribution in [-0.2, 0) is 7.05 Å². The number of rotatable bonds is 1. The smallest absolute Gasteiger partial charge is 0.128 e. The van der Waals surface area contributed by atoms with Crippen molar-refractivity contribution in [1.29, 1.82) is 0 Å². The van der Waals surface area contributed by atoms with Crippen LogP contribution in [0.1, 0.15) is 0 Å². The van der Waals surface area contributed by atoms with Gasteiger partial charge < -0.3 is 15.6 Å². The Kier molecular flexibility index (Phi) is 1.65. The maximum absolute atomic E-state index is 5.93. The van der Waals surface area contributed by atoms with E-state index in [2.05, 4.69) is 17.4 Å². The lowest BCUT2D eigenvalue weighted by Crippen LogP contribution is -1.98. The number of nitrogen functional groups attached to an aromatic ring is 1. The quantitative estimate of drug-likeness (QED) is 0.694. The number of nitrogens with two attached hydrogens (primary N) is 1. The molecule has 0 saturated heterocycles. The third-order valence-corrected chi connectivity index (χ3v) is 2.40. The molecule has 0 saturated carbocycles. The molecule has 0 amide bonds. The Morgan fingerprint density at radius 2 is 2.00 bits per heavy atom. The van der Waals surface area contributed by atoms with Crippen molar-refractivity contribution in [1.82, 2.24) is 4.57 Å². The van der Waals surface area contributed by atoms with Crippen molar-refractivity contribution in [2.45, 2.75) is 0 Å². The molecule has 0 fully saturated rings. The van der Waals surface area contributed by atoms with Gasteiger partial charge >= 0.3 is 0 Å². The van der Waals surface area contributed by atoms with Gasteiger partial charge in [-0.05, 0) is 6.07 Å². The summed E-state index contributed by atoms with van der Waals surface area (Å²) in [7, 11) is 3.86. The largest absolute Gasteiger partial charge is 0.385 e. The molecular formula is C10H13N3. The standard InChI is InChI=1S/C10H13N3/c1-12-9-7-5-3-4-6-8(7)13(2)10(9)11/h3-6,12H,11H2,1-2H3. The van der Waals surface area contributed by atoms with Crippen LogP contribution in [0.15, 0.2) is 24.3 Å². The van der Waals surface area contributed by atoms with Gasteiger partial charge in [0.25, 0.3) is 0 Å². The highest BCUT2D eigenvalue weighted by Gasteiger charge is 2.09. The molecule has 2 rings (SSSR count). The van der Waals surface area contributed by atoms with E-state index in [1.165, 1.54) is 5.39 Å². The van der Waals surface area contributed by atoms with Gasteiger partial charge in [0, 0.05) is 19.5 Å². The lowest BCUT2D eigenvalue weighted by Gasteiger charge is -1.99. The minimum Gasteiger partial charge on any atom is -0.385 e. The summed E-state index contributed by atoms with van der Waals surface area (Å²) in [6, 6.07) is 8.16. The Hall–Kier alpha value is -1.64. The number of nitrogens with one attached hydrogen (secondary N) is 1. The van der Waals surface area contributed by atoms with Gasteiger partial charge in [-0.3, -0.25) is 0 Å². The molecule has 0 radical (unpaired) electrons. The number of para-hydroxylation sites is 1. The number of aryl methyl sites for hydroxylation is 1. The van der Waals surface area contributed by atoms with Crippen molar-refractivity contribution >= 4 is 22.4 Å². The summed E-state index contributed by atoms with van der Waals surface area (Å²) in [5.74, 6) is 0.781. The normalized spacial score (nSPS) is 10.6. The maximum atomic E-state index is 5.93. The van der Waals surface area contributed by atoms with Crippen molar-refractivity contribution in [2.24, 2.45) is 7.05 Å². The Labute approximate surface area is 77.2 Å². The van der Waals surface area contributed by atoms with Gasteiger partial charge in [0.05, 0.1) is 11.2 Å². The summed E-state index contributed by atoms with van der Waals surface area (Å²) in [4.78, 5) is 0. The van der Waals surface area contributed by atoms with E-state index in [0.717, 1.165) is 17.0 Å². The summed E-state index contributed by atoms with van der Waals surface area (Å²) < 4.78 is 1.99. The zero-order valence-electron chi connectivity index (χ0n) is 7.83. The fourth-order valence-corrected chi connectivity index (χ4v) is 1.68. The third-order valence-electron chi connectivity index (χ3n) is 2.40.